The summed E-state index contributed by atoms with van der Waals surface area (Å²) in [4.78, 5) is 0. The molecule has 0 aliphatic carbocycles. The molecule has 0 N–H and O–H groups in total. The fourth-order valence-corrected chi connectivity index (χ4v) is 2.33. The van der Waals surface area contributed by atoms with E-state index in [4.69, 9.17) is 14.2 Å². The number of nitrogens with zero attached hydrogens (tertiary/aromatic N) is 1. The van der Waals surface area contributed by atoms with E-state index in [-0.39, 0.29) is 5.92 Å². The summed E-state index contributed by atoms with van der Waals surface area (Å²) < 4.78 is 16.3. The lowest BCUT2D eigenvalue weighted by atomic mass is 9.96. The molecule has 0 aliphatic rings. The van der Waals surface area contributed by atoms with Gasteiger partial charge >= 0.3 is 0 Å². The Bertz CT molecular complexity index is 674. The fraction of sp³-hybridized carbons (Fsp3) is 0.316. The van der Waals surface area contributed by atoms with E-state index in [9.17, 15) is 5.26 Å². The van der Waals surface area contributed by atoms with Crippen LogP contribution in [0.5, 0.6) is 17.2 Å². The molecular weight excluding hydrogens is 290 g/mol. The second kappa shape index (κ2) is 8.09. The van der Waals surface area contributed by atoms with Crippen LogP contribution in [0.2, 0.25) is 0 Å². The Hall–Kier alpha value is -2.67. The number of rotatable bonds is 7. The first kappa shape index (κ1) is 16.7. The van der Waals surface area contributed by atoms with E-state index in [1.807, 2.05) is 49.4 Å². The Morgan fingerprint density at radius 2 is 1.70 bits per heavy atom. The average Bonchev–Trinajstić information content (AvgIpc) is 2.60. The molecule has 0 bridgehead atoms. The first-order chi connectivity index (χ1) is 11.2. The van der Waals surface area contributed by atoms with Crippen molar-refractivity contribution in [2.75, 3.05) is 20.8 Å². The standard InChI is InChI=1S/C19H21NO3/c1-14-4-6-16(7-5-14)23-11-10-15(13-20)18-12-17(21-2)8-9-19(18)22-3/h4-9,12,15H,10-11H2,1-3H3. The van der Waals surface area contributed by atoms with Crippen molar-refractivity contribution in [1.29, 1.82) is 5.26 Å². The van der Waals surface area contributed by atoms with Crippen molar-refractivity contribution >= 4 is 0 Å². The van der Waals surface area contributed by atoms with Crippen molar-refractivity contribution < 1.29 is 14.2 Å². The maximum absolute atomic E-state index is 9.49. The van der Waals surface area contributed by atoms with Gasteiger partial charge in [0.2, 0.25) is 0 Å². The Labute approximate surface area is 137 Å². The van der Waals surface area contributed by atoms with Crippen LogP contribution in [0.25, 0.3) is 0 Å². The van der Waals surface area contributed by atoms with E-state index in [1.54, 1.807) is 14.2 Å². The van der Waals surface area contributed by atoms with Crippen molar-refractivity contribution in [3.63, 3.8) is 0 Å². The highest BCUT2D eigenvalue weighted by Gasteiger charge is 2.17. The number of hydrogen-bond donors (Lipinski definition) is 0. The summed E-state index contributed by atoms with van der Waals surface area (Å²) in [5, 5.41) is 9.49. The number of ether oxygens (including phenoxy) is 3. The third-order valence-electron chi connectivity index (χ3n) is 3.66. The second-order valence-electron chi connectivity index (χ2n) is 5.24. The number of benzene rings is 2. The van der Waals surface area contributed by atoms with E-state index in [1.165, 1.54) is 5.56 Å². The number of aryl methyl sites for hydroxylation is 1. The van der Waals surface area contributed by atoms with Crippen molar-refractivity contribution in [1.82, 2.24) is 0 Å². The first-order valence-corrected chi connectivity index (χ1v) is 7.49. The molecule has 0 aliphatic heterocycles. The lowest BCUT2D eigenvalue weighted by Gasteiger charge is -2.15. The van der Waals surface area contributed by atoms with Gasteiger partial charge in [0.05, 0.1) is 32.8 Å². The van der Waals surface area contributed by atoms with Gasteiger partial charge in [-0.05, 0) is 37.3 Å². The van der Waals surface area contributed by atoms with Gasteiger partial charge in [-0.2, -0.15) is 5.26 Å². The minimum absolute atomic E-state index is 0.314. The molecular formula is C19H21NO3. The normalized spacial score (nSPS) is 11.4. The van der Waals surface area contributed by atoms with Crippen LogP contribution in [0.4, 0.5) is 0 Å². The third kappa shape index (κ3) is 4.40. The van der Waals surface area contributed by atoms with Crippen LogP contribution in [0.1, 0.15) is 23.5 Å². The molecule has 0 heterocycles. The molecule has 1 unspecified atom stereocenters. The van der Waals surface area contributed by atoms with Crippen LogP contribution in [0, 0.1) is 18.3 Å². The molecule has 120 valence electrons. The topological polar surface area (TPSA) is 51.5 Å². The van der Waals surface area contributed by atoms with Crippen molar-refractivity contribution in [3.05, 3.63) is 53.6 Å². The summed E-state index contributed by atoms with van der Waals surface area (Å²) in [5.74, 6) is 1.89. The minimum Gasteiger partial charge on any atom is -0.497 e. The molecule has 1 atom stereocenters. The molecule has 4 heteroatoms. The smallest absolute Gasteiger partial charge is 0.123 e. The number of methoxy groups -OCH3 is 2. The first-order valence-electron chi connectivity index (χ1n) is 7.49. The molecule has 0 spiro atoms. The summed E-state index contributed by atoms with van der Waals surface area (Å²) in [6, 6.07) is 15.7. The van der Waals surface area contributed by atoms with Crippen LogP contribution < -0.4 is 14.2 Å². The molecule has 2 rings (SSSR count). The molecule has 0 saturated carbocycles. The highest BCUT2D eigenvalue weighted by molar-refractivity contribution is 5.44. The summed E-state index contributed by atoms with van der Waals surface area (Å²) in [5.41, 5.74) is 2.01. The summed E-state index contributed by atoms with van der Waals surface area (Å²) in [6.45, 7) is 2.49. The van der Waals surface area contributed by atoms with E-state index < -0.39 is 0 Å². The molecule has 23 heavy (non-hydrogen) atoms. The molecule has 2 aromatic carbocycles. The predicted molar refractivity (Wildman–Crippen MR) is 89.2 cm³/mol. The molecule has 0 saturated heterocycles. The van der Waals surface area contributed by atoms with Crippen LogP contribution in [0.3, 0.4) is 0 Å². The van der Waals surface area contributed by atoms with Gasteiger partial charge in [-0.15, -0.1) is 0 Å². The average molecular weight is 311 g/mol. The minimum atomic E-state index is -0.314. The molecule has 0 radical (unpaired) electrons. The molecule has 0 aromatic heterocycles. The fourth-order valence-electron chi connectivity index (χ4n) is 2.33. The Morgan fingerprint density at radius 3 is 2.30 bits per heavy atom. The van der Waals surface area contributed by atoms with E-state index in [0.717, 1.165) is 11.3 Å². The van der Waals surface area contributed by atoms with Gasteiger partial charge in [-0.25, -0.2) is 0 Å². The maximum Gasteiger partial charge on any atom is 0.123 e. The lowest BCUT2D eigenvalue weighted by Crippen LogP contribution is -2.06. The lowest BCUT2D eigenvalue weighted by molar-refractivity contribution is 0.304. The van der Waals surface area contributed by atoms with Crippen LogP contribution in [0.15, 0.2) is 42.5 Å². The maximum atomic E-state index is 9.49. The Balaban J connectivity index is 2.05. The van der Waals surface area contributed by atoms with Gasteiger partial charge in [0, 0.05) is 12.0 Å². The summed E-state index contributed by atoms with van der Waals surface area (Å²) >= 11 is 0. The monoisotopic (exact) mass is 311 g/mol. The van der Waals surface area contributed by atoms with E-state index in [0.29, 0.717) is 24.5 Å². The second-order valence-corrected chi connectivity index (χ2v) is 5.24. The highest BCUT2D eigenvalue weighted by Crippen LogP contribution is 2.32. The number of nitriles is 1. The van der Waals surface area contributed by atoms with Gasteiger partial charge in [0.1, 0.15) is 17.2 Å². The van der Waals surface area contributed by atoms with Gasteiger partial charge in [-0.1, -0.05) is 17.7 Å². The van der Waals surface area contributed by atoms with Gasteiger partial charge in [0.15, 0.2) is 0 Å². The zero-order chi connectivity index (χ0) is 16.7. The quantitative estimate of drug-likeness (QED) is 0.773. The van der Waals surface area contributed by atoms with Crippen molar-refractivity contribution in [2.45, 2.75) is 19.3 Å². The van der Waals surface area contributed by atoms with E-state index >= 15 is 0 Å². The van der Waals surface area contributed by atoms with Crippen molar-refractivity contribution in [2.24, 2.45) is 0 Å². The van der Waals surface area contributed by atoms with E-state index in [2.05, 4.69) is 6.07 Å². The SMILES string of the molecule is COc1ccc(OC)c(C(C#N)CCOc2ccc(C)cc2)c1. The number of hydrogen-bond acceptors (Lipinski definition) is 4. The van der Waals surface area contributed by atoms with Gasteiger partial charge in [0.25, 0.3) is 0 Å². The molecule has 2 aromatic rings. The van der Waals surface area contributed by atoms with Gasteiger partial charge in [-0.3, -0.25) is 0 Å². The van der Waals surface area contributed by atoms with Crippen LogP contribution in [-0.4, -0.2) is 20.8 Å². The Kier molecular flexibility index (Phi) is 5.87. The molecule has 4 nitrogen and oxygen atoms in total. The van der Waals surface area contributed by atoms with Crippen molar-refractivity contribution in [3.8, 4) is 23.3 Å². The molecule has 0 fully saturated rings. The Morgan fingerprint density at radius 1 is 1.00 bits per heavy atom. The molecule has 0 amide bonds. The predicted octanol–water partition coefficient (Wildman–Crippen LogP) is 4.09. The summed E-state index contributed by atoms with van der Waals surface area (Å²) in [6.07, 6.45) is 0.577. The largest absolute Gasteiger partial charge is 0.497 e. The zero-order valence-corrected chi connectivity index (χ0v) is 13.7. The highest BCUT2D eigenvalue weighted by atomic mass is 16.5. The summed E-state index contributed by atoms with van der Waals surface area (Å²) in [7, 11) is 3.20. The van der Waals surface area contributed by atoms with Crippen LogP contribution >= 0.6 is 0 Å². The van der Waals surface area contributed by atoms with Crippen LogP contribution in [-0.2, 0) is 0 Å². The van der Waals surface area contributed by atoms with Gasteiger partial charge < -0.3 is 14.2 Å². The zero-order valence-electron chi connectivity index (χ0n) is 13.7. The third-order valence-corrected chi connectivity index (χ3v) is 3.66.